The maximum atomic E-state index is 12.6. The fraction of sp³-hybridized carbons (Fsp3) is 0.136. The van der Waals surface area contributed by atoms with Crippen LogP contribution >= 0.6 is 0 Å². The number of amides is 1. The number of imidazole rings is 1. The number of carbonyl (C=O) groups excluding carboxylic acids is 1. The number of hydrogen-bond acceptors (Lipinski definition) is 3. The molecule has 0 saturated heterocycles. The topological polar surface area (TPSA) is 64.7 Å². The molecule has 0 radical (unpaired) electrons. The van der Waals surface area contributed by atoms with Crippen molar-refractivity contribution >= 4 is 5.91 Å². The van der Waals surface area contributed by atoms with E-state index in [1.165, 1.54) is 0 Å². The van der Waals surface area contributed by atoms with E-state index in [-0.39, 0.29) is 5.91 Å². The van der Waals surface area contributed by atoms with Crippen molar-refractivity contribution in [2.45, 2.75) is 20.4 Å². The molecule has 0 spiro atoms. The average Bonchev–Trinajstić information content (AvgIpc) is 3.36. The lowest BCUT2D eigenvalue weighted by Crippen LogP contribution is -2.23. The molecule has 4 aromatic rings. The monoisotopic (exact) mass is 371 g/mol. The van der Waals surface area contributed by atoms with E-state index in [2.05, 4.69) is 15.4 Å². The highest BCUT2D eigenvalue weighted by atomic mass is 16.1. The van der Waals surface area contributed by atoms with Crippen molar-refractivity contribution in [3.8, 4) is 11.4 Å². The summed E-state index contributed by atoms with van der Waals surface area (Å²) in [6.45, 7) is 4.41. The summed E-state index contributed by atoms with van der Waals surface area (Å²) in [7, 11) is 0. The quantitative estimate of drug-likeness (QED) is 0.583. The number of aromatic nitrogens is 4. The molecule has 6 heteroatoms. The maximum absolute atomic E-state index is 12.6. The zero-order valence-electron chi connectivity index (χ0n) is 15.8. The Kier molecular flexibility index (Phi) is 4.76. The molecule has 0 aliphatic rings. The van der Waals surface area contributed by atoms with Crippen LogP contribution in [0.4, 0.5) is 0 Å². The van der Waals surface area contributed by atoms with Gasteiger partial charge in [-0.2, -0.15) is 5.10 Å². The second-order valence-electron chi connectivity index (χ2n) is 6.67. The van der Waals surface area contributed by atoms with Crippen molar-refractivity contribution in [2.75, 3.05) is 0 Å². The summed E-state index contributed by atoms with van der Waals surface area (Å²) in [5.41, 5.74) is 5.60. The number of benzene rings is 2. The Hall–Kier alpha value is -3.67. The Morgan fingerprint density at radius 2 is 1.86 bits per heavy atom. The fourth-order valence-electron chi connectivity index (χ4n) is 3.24. The molecule has 2 heterocycles. The van der Waals surface area contributed by atoms with E-state index in [9.17, 15) is 4.79 Å². The lowest BCUT2D eigenvalue weighted by atomic mass is 10.1. The van der Waals surface area contributed by atoms with Crippen LogP contribution in [-0.4, -0.2) is 25.2 Å². The summed E-state index contributed by atoms with van der Waals surface area (Å²) >= 11 is 0. The largest absolute Gasteiger partial charge is 0.348 e. The number of nitrogens with one attached hydrogen (secondary N) is 1. The van der Waals surface area contributed by atoms with Gasteiger partial charge in [0.25, 0.3) is 5.91 Å². The summed E-state index contributed by atoms with van der Waals surface area (Å²) in [6.07, 6.45) is 5.37. The van der Waals surface area contributed by atoms with Crippen molar-refractivity contribution < 1.29 is 4.79 Å². The zero-order chi connectivity index (χ0) is 19.5. The normalized spacial score (nSPS) is 10.8. The van der Waals surface area contributed by atoms with E-state index < -0.39 is 0 Å². The van der Waals surface area contributed by atoms with Gasteiger partial charge in [-0.3, -0.25) is 4.79 Å². The van der Waals surface area contributed by atoms with Crippen LogP contribution in [0, 0.1) is 13.8 Å². The molecule has 0 aliphatic heterocycles. The van der Waals surface area contributed by atoms with Gasteiger partial charge in [-0.05, 0) is 55.8 Å². The number of carbonyl (C=O) groups is 1. The smallest absolute Gasteiger partial charge is 0.251 e. The molecule has 0 saturated carbocycles. The number of hydrogen-bond donors (Lipinski definition) is 1. The van der Waals surface area contributed by atoms with Crippen molar-refractivity contribution in [1.82, 2.24) is 24.6 Å². The van der Waals surface area contributed by atoms with Gasteiger partial charge < -0.3 is 9.88 Å². The Balaban J connectivity index is 1.47. The van der Waals surface area contributed by atoms with Gasteiger partial charge in [0.1, 0.15) is 0 Å². The van der Waals surface area contributed by atoms with Crippen molar-refractivity contribution in [3.63, 3.8) is 0 Å². The number of rotatable bonds is 5. The summed E-state index contributed by atoms with van der Waals surface area (Å²) in [5, 5.41) is 7.47. The molecule has 1 N–H and O–H groups in total. The number of aryl methyl sites for hydroxylation is 2. The van der Waals surface area contributed by atoms with Crippen LogP contribution < -0.4 is 5.32 Å². The molecular weight excluding hydrogens is 350 g/mol. The van der Waals surface area contributed by atoms with Crippen LogP contribution in [0.25, 0.3) is 11.4 Å². The van der Waals surface area contributed by atoms with Crippen LogP contribution in [0.1, 0.15) is 27.3 Å². The summed E-state index contributed by atoms with van der Waals surface area (Å²) in [6, 6.07) is 17.4. The van der Waals surface area contributed by atoms with Crippen LogP contribution in [0.2, 0.25) is 0 Å². The molecule has 0 aliphatic carbocycles. The predicted molar refractivity (Wildman–Crippen MR) is 108 cm³/mol. The third-order valence-electron chi connectivity index (χ3n) is 4.60. The van der Waals surface area contributed by atoms with Gasteiger partial charge in [-0.15, -0.1) is 0 Å². The molecule has 28 heavy (non-hydrogen) atoms. The Labute approximate surface area is 163 Å². The minimum Gasteiger partial charge on any atom is -0.348 e. The molecule has 0 bridgehead atoms. The average molecular weight is 371 g/mol. The first-order valence-corrected chi connectivity index (χ1v) is 9.10. The highest BCUT2D eigenvalue weighted by Crippen LogP contribution is 2.15. The molecule has 2 aromatic heterocycles. The van der Waals surface area contributed by atoms with Gasteiger partial charge in [0.2, 0.25) is 0 Å². The second kappa shape index (κ2) is 7.52. The molecule has 2 aromatic carbocycles. The van der Waals surface area contributed by atoms with Gasteiger partial charge in [-0.1, -0.05) is 18.2 Å². The first-order valence-electron chi connectivity index (χ1n) is 9.10. The minimum absolute atomic E-state index is 0.111. The van der Waals surface area contributed by atoms with E-state index in [1.807, 2.05) is 83.9 Å². The second-order valence-corrected chi connectivity index (χ2v) is 6.67. The Bertz CT molecular complexity index is 1090. The molecule has 0 fully saturated rings. The van der Waals surface area contributed by atoms with Crippen LogP contribution in [0.15, 0.2) is 73.3 Å². The van der Waals surface area contributed by atoms with E-state index >= 15 is 0 Å². The van der Waals surface area contributed by atoms with Gasteiger partial charge in [-0.25, -0.2) is 9.67 Å². The van der Waals surface area contributed by atoms with Crippen LogP contribution in [-0.2, 0) is 6.54 Å². The third kappa shape index (κ3) is 3.57. The standard InChI is InChI=1S/C22H21N5O/c1-16-13-17(2)27(25-16)20-9-7-18(8-10-20)22(28)24-14-19-5-3-4-6-21(19)26-12-11-23-15-26/h3-13,15H,14H2,1-2H3,(H,24,28). The molecule has 0 unspecified atom stereocenters. The summed E-state index contributed by atoms with van der Waals surface area (Å²) in [5.74, 6) is -0.111. The predicted octanol–water partition coefficient (Wildman–Crippen LogP) is 3.60. The summed E-state index contributed by atoms with van der Waals surface area (Å²) in [4.78, 5) is 16.7. The Morgan fingerprint density at radius 1 is 1.07 bits per heavy atom. The van der Waals surface area contributed by atoms with E-state index in [1.54, 1.807) is 12.5 Å². The first-order chi connectivity index (χ1) is 13.6. The van der Waals surface area contributed by atoms with Crippen LogP contribution in [0.5, 0.6) is 0 Å². The maximum Gasteiger partial charge on any atom is 0.251 e. The SMILES string of the molecule is Cc1cc(C)n(-c2ccc(C(=O)NCc3ccccc3-n3ccnc3)cc2)n1. The first kappa shape index (κ1) is 17.7. The zero-order valence-corrected chi connectivity index (χ0v) is 15.8. The molecule has 6 nitrogen and oxygen atoms in total. The number of para-hydroxylation sites is 1. The molecule has 0 atom stereocenters. The summed E-state index contributed by atoms with van der Waals surface area (Å²) < 4.78 is 3.81. The van der Waals surface area contributed by atoms with Crippen molar-refractivity contribution in [1.29, 1.82) is 0 Å². The lowest BCUT2D eigenvalue weighted by molar-refractivity contribution is 0.0951. The lowest BCUT2D eigenvalue weighted by Gasteiger charge is -2.11. The molecule has 4 rings (SSSR count). The third-order valence-corrected chi connectivity index (χ3v) is 4.60. The molecule has 140 valence electrons. The van der Waals surface area contributed by atoms with Crippen molar-refractivity contribution in [2.24, 2.45) is 0 Å². The van der Waals surface area contributed by atoms with Crippen molar-refractivity contribution in [3.05, 3.63) is 95.8 Å². The van der Waals surface area contributed by atoms with E-state index in [0.29, 0.717) is 12.1 Å². The fourth-order valence-corrected chi connectivity index (χ4v) is 3.24. The molecular formula is C22H21N5O. The van der Waals surface area contributed by atoms with E-state index in [4.69, 9.17) is 0 Å². The van der Waals surface area contributed by atoms with E-state index in [0.717, 1.165) is 28.3 Å². The highest BCUT2D eigenvalue weighted by Gasteiger charge is 2.09. The number of nitrogens with zero attached hydrogens (tertiary/aromatic N) is 4. The minimum atomic E-state index is -0.111. The van der Waals surface area contributed by atoms with Gasteiger partial charge >= 0.3 is 0 Å². The Morgan fingerprint density at radius 3 is 2.54 bits per heavy atom. The molecule has 1 amide bonds. The highest BCUT2D eigenvalue weighted by molar-refractivity contribution is 5.94. The van der Waals surface area contributed by atoms with Gasteiger partial charge in [0.05, 0.1) is 23.4 Å². The van der Waals surface area contributed by atoms with Gasteiger partial charge in [0, 0.05) is 30.2 Å². The van der Waals surface area contributed by atoms with Crippen LogP contribution in [0.3, 0.4) is 0 Å². The van der Waals surface area contributed by atoms with Gasteiger partial charge in [0.15, 0.2) is 0 Å².